The van der Waals surface area contributed by atoms with Crippen LogP contribution in [0.15, 0.2) is 23.8 Å². The van der Waals surface area contributed by atoms with Crippen LogP contribution in [-0.4, -0.2) is 4.92 Å². The van der Waals surface area contributed by atoms with E-state index in [1.54, 1.807) is 6.92 Å². The summed E-state index contributed by atoms with van der Waals surface area (Å²) in [5.74, 6) is 0. The Morgan fingerprint density at radius 2 is 2.24 bits per heavy atom. The van der Waals surface area contributed by atoms with E-state index in [-0.39, 0.29) is 26.9 Å². The molecule has 0 unspecified atom stereocenters. The van der Waals surface area contributed by atoms with Gasteiger partial charge in [-0.1, -0.05) is 36.2 Å². The molecule has 4 nitrogen and oxygen atoms in total. The molecule has 0 bridgehead atoms. The quantitative estimate of drug-likeness (QED) is 0.471. The molecule has 0 aliphatic rings. The summed E-state index contributed by atoms with van der Waals surface area (Å²) in [6.07, 6.45) is 0.387. The normalized spacial score (nSPS) is 11.6. The smallest absolute Gasteiger partial charge is 0.258 e. The SMILES string of the molecule is CCC(C#N)=C(Cl)c1c(Cl)cccc1[N+](=O)[O-]. The van der Waals surface area contributed by atoms with Crippen LogP contribution in [-0.2, 0) is 0 Å². The van der Waals surface area contributed by atoms with Crippen LogP contribution in [0, 0.1) is 21.4 Å². The first-order chi connectivity index (χ1) is 8.02. The first kappa shape index (κ1) is 13.5. The lowest BCUT2D eigenvalue weighted by atomic mass is 10.1. The van der Waals surface area contributed by atoms with Gasteiger partial charge >= 0.3 is 0 Å². The van der Waals surface area contributed by atoms with Crippen LogP contribution < -0.4 is 0 Å². The van der Waals surface area contributed by atoms with Gasteiger partial charge in [0.15, 0.2) is 0 Å². The fraction of sp³-hybridized carbons (Fsp3) is 0.182. The van der Waals surface area contributed by atoms with E-state index in [1.807, 2.05) is 6.07 Å². The van der Waals surface area contributed by atoms with Crippen LogP contribution in [0.25, 0.3) is 5.03 Å². The lowest BCUT2D eigenvalue weighted by molar-refractivity contribution is -0.385. The molecule has 17 heavy (non-hydrogen) atoms. The van der Waals surface area contributed by atoms with Crippen molar-refractivity contribution in [2.75, 3.05) is 0 Å². The monoisotopic (exact) mass is 270 g/mol. The Morgan fingerprint density at radius 3 is 2.71 bits per heavy atom. The zero-order valence-electron chi connectivity index (χ0n) is 8.91. The highest BCUT2D eigenvalue weighted by Crippen LogP contribution is 2.37. The first-order valence-electron chi connectivity index (χ1n) is 4.75. The van der Waals surface area contributed by atoms with Crippen LogP contribution in [0.5, 0.6) is 0 Å². The molecule has 1 aromatic carbocycles. The van der Waals surface area contributed by atoms with E-state index in [0.717, 1.165) is 0 Å². The molecule has 6 heteroatoms. The first-order valence-corrected chi connectivity index (χ1v) is 5.50. The number of halogens is 2. The van der Waals surface area contributed by atoms with Crippen LogP contribution in [0.2, 0.25) is 5.02 Å². The molecule has 0 aromatic heterocycles. The third-order valence-electron chi connectivity index (χ3n) is 2.16. The summed E-state index contributed by atoms with van der Waals surface area (Å²) in [6.45, 7) is 1.74. The number of nitrogens with zero attached hydrogens (tertiary/aromatic N) is 2. The predicted octanol–water partition coefficient (Wildman–Crippen LogP) is 4.13. The van der Waals surface area contributed by atoms with Gasteiger partial charge in [-0.25, -0.2) is 0 Å². The maximum atomic E-state index is 10.9. The van der Waals surface area contributed by atoms with E-state index in [0.29, 0.717) is 6.42 Å². The lowest BCUT2D eigenvalue weighted by Crippen LogP contribution is -1.95. The molecule has 0 heterocycles. The average Bonchev–Trinajstić information content (AvgIpc) is 2.29. The van der Waals surface area contributed by atoms with Crippen molar-refractivity contribution in [3.8, 4) is 6.07 Å². The Bertz CT molecular complexity index is 533. The highest BCUT2D eigenvalue weighted by atomic mass is 35.5. The molecular formula is C11H8Cl2N2O2. The third kappa shape index (κ3) is 2.76. The van der Waals surface area contributed by atoms with Crippen molar-refractivity contribution in [2.45, 2.75) is 13.3 Å². The molecule has 0 saturated heterocycles. The Balaban J connectivity index is 3.56. The number of allylic oxidation sites excluding steroid dienone is 1. The zero-order chi connectivity index (χ0) is 13.0. The second-order valence-electron chi connectivity index (χ2n) is 3.15. The van der Waals surface area contributed by atoms with Gasteiger partial charge < -0.3 is 0 Å². The Morgan fingerprint density at radius 1 is 1.59 bits per heavy atom. The van der Waals surface area contributed by atoms with Gasteiger partial charge in [-0.05, 0) is 12.5 Å². The van der Waals surface area contributed by atoms with E-state index in [1.165, 1.54) is 18.2 Å². The number of hydrogen-bond acceptors (Lipinski definition) is 3. The summed E-state index contributed by atoms with van der Waals surface area (Å²) in [6, 6.07) is 6.17. The van der Waals surface area contributed by atoms with E-state index in [9.17, 15) is 10.1 Å². The number of rotatable bonds is 3. The maximum Gasteiger partial charge on any atom is 0.279 e. The van der Waals surface area contributed by atoms with E-state index in [4.69, 9.17) is 28.5 Å². The van der Waals surface area contributed by atoms with Gasteiger partial charge in [0.2, 0.25) is 0 Å². The number of nitriles is 1. The summed E-state index contributed by atoms with van der Waals surface area (Å²) >= 11 is 11.9. The van der Waals surface area contributed by atoms with Crippen molar-refractivity contribution >= 4 is 33.9 Å². The minimum atomic E-state index is -0.575. The van der Waals surface area contributed by atoms with Gasteiger partial charge in [0.05, 0.1) is 26.6 Å². The number of nitro groups is 1. The van der Waals surface area contributed by atoms with E-state index >= 15 is 0 Å². The Kier molecular flexibility index (Phi) is 4.50. The van der Waals surface area contributed by atoms with Crippen LogP contribution in [0.1, 0.15) is 18.9 Å². The highest BCUT2D eigenvalue weighted by molar-refractivity contribution is 6.51. The summed E-state index contributed by atoms with van der Waals surface area (Å²) in [7, 11) is 0. The highest BCUT2D eigenvalue weighted by Gasteiger charge is 2.21. The standard InChI is InChI=1S/C11H8Cl2N2O2/c1-2-7(6-14)11(13)10-8(12)4-3-5-9(10)15(16)17/h3-5H,2H2,1H3. The number of nitro benzene ring substituents is 1. The van der Waals surface area contributed by atoms with Gasteiger partial charge in [-0.3, -0.25) is 10.1 Å². The molecule has 88 valence electrons. The fourth-order valence-electron chi connectivity index (χ4n) is 1.32. The summed E-state index contributed by atoms with van der Waals surface area (Å²) in [5, 5.41) is 19.9. The molecule has 1 aromatic rings. The molecule has 0 N–H and O–H groups in total. The van der Waals surface area contributed by atoms with Crippen molar-refractivity contribution in [3.05, 3.63) is 44.5 Å². The van der Waals surface area contributed by atoms with Crippen LogP contribution in [0.4, 0.5) is 5.69 Å². The topological polar surface area (TPSA) is 66.9 Å². The van der Waals surface area contributed by atoms with Gasteiger partial charge in [-0.15, -0.1) is 0 Å². The lowest BCUT2D eigenvalue weighted by Gasteiger charge is -2.05. The summed E-state index contributed by atoms with van der Waals surface area (Å²) in [5.41, 5.74) is 0.158. The molecule has 0 aliphatic carbocycles. The molecule has 0 atom stereocenters. The minimum absolute atomic E-state index is 0.0345. The molecule has 0 aliphatic heterocycles. The number of hydrogen-bond donors (Lipinski definition) is 0. The third-order valence-corrected chi connectivity index (χ3v) is 2.89. The van der Waals surface area contributed by atoms with Crippen molar-refractivity contribution in [1.29, 1.82) is 5.26 Å². The van der Waals surface area contributed by atoms with Gasteiger partial charge in [0.25, 0.3) is 5.69 Å². The molecule has 0 radical (unpaired) electrons. The van der Waals surface area contributed by atoms with Crippen molar-refractivity contribution in [2.24, 2.45) is 0 Å². The van der Waals surface area contributed by atoms with Gasteiger partial charge in [0.1, 0.15) is 0 Å². The maximum absolute atomic E-state index is 10.9. The van der Waals surface area contributed by atoms with Crippen LogP contribution >= 0.6 is 23.2 Å². The second kappa shape index (κ2) is 5.67. The van der Waals surface area contributed by atoms with E-state index < -0.39 is 4.92 Å². The van der Waals surface area contributed by atoms with Crippen molar-refractivity contribution in [1.82, 2.24) is 0 Å². The van der Waals surface area contributed by atoms with Crippen molar-refractivity contribution in [3.63, 3.8) is 0 Å². The molecule has 0 saturated carbocycles. The zero-order valence-corrected chi connectivity index (χ0v) is 10.4. The Hall–Kier alpha value is -1.57. The average molecular weight is 271 g/mol. The van der Waals surface area contributed by atoms with Crippen molar-refractivity contribution < 1.29 is 4.92 Å². The predicted molar refractivity (Wildman–Crippen MR) is 66.8 cm³/mol. The van der Waals surface area contributed by atoms with Gasteiger partial charge in [0, 0.05) is 11.6 Å². The largest absolute Gasteiger partial charge is 0.279 e. The summed E-state index contributed by atoms with van der Waals surface area (Å²) < 4.78 is 0. The molecule has 1 rings (SSSR count). The fourth-order valence-corrected chi connectivity index (χ4v) is 2.00. The molecular weight excluding hydrogens is 263 g/mol. The molecule has 0 spiro atoms. The minimum Gasteiger partial charge on any atom is -0.258 e. The Labute approximate surface area is 108 Å². The molecule has 0 fully saturated rings. The second-order valence-corrected chi connectivity index (χ2v) is 3.93. The summed E-state index contributed by atoms with van der Waals surface area (Å²) in [4.78, 5) is 10.3. The number of benzene rings is 1. The molecule has 0 amide bonds. The van der Waals surface area contributed by atoms with Gasteiger partial charge in [-0.2, -0.15) is 5.26 Å². The van der Waals surface area contributed by atoms with Crippen LogP contribution in [0.3, 0.4) is 0 Å². The van der Waals surface area contributed by atoms with E-state index in [2.05, 4.69) is 0 Å².